The van der Waals surface area contributed by atoms with E-state index in [1.807, 2.05) is 13.8 Å². The van der Waals surface area contributed by atoms with E-state index in [2.05, 4.69) is 18.2 Å². The number of nitrogens with zero attached hydrogens (tertiary/aromatic N) is 4. The van der Waals surface area contributed by atoms with Crippen LogP contribution in [0.5, 0.6) is 11.5 Å². The zero-order chi connectivity index (χ0) is 24.2. The van der Waals surface area contributed by atoms with Gasteiger partial charge in [-0.15, -0.1) is 0 Å². The highest BCUT2D eigenvalue weighted by Crippen LogP contribution is 2.54. The van der Waals surface area contributed by atoms with Gasteiger partial charge in [-0.2, -0.15) is 15.8 Å². The summed E-state index contributed by atoms with van der Waals surface area (Å²) in [6, 6.07) is 11.7. The Bertz CT molecular complexity index is 1120. The van der Waals surface area contributed by atoms with E-state index in [1.54, 1.807) is 29.2 Å². The summed E-state index contributed by atoms with van der Waals surface area (Å²) in [7, 11) is 0. The Morgan fingerprint density at radius 2 is 1.94 bits per heavy atom. The summed E-state index contributed by atoms with van der Waals surface area (Å²) in [6.45, 7) is 6.88. The van der Waals surface area contributed by atoms with Crippen LogP contribution in [0.15, 0.2) is 41.1 Å². The predicted molar refractivity (Wildman–Crippen MR) is 120 cm³/mol. The number of allylic oxidation sites excluding steroid dienone is 2. The highest BCUT2D eigenvalue weighted by molar-refractivity contribution is 5.74. The van der Waals surface area contributed by atoms with Gasteiger partial charge in [0.15, 0.2) is 16.9 Å². The number of carbonyl (C=O) groups excluding carboxylic acids is 1. The van der Waals surface area contributed by atoms with Crippen molar-refractivity contribution in [2.45, 2.75) is 33.1 Å². The third-order valence-electron chi connectivity index (χ3n) is 6.20. The molecule has 1 aliphatic heterocycles. The van der Waals surface area contributed by atoms with Gasteiger partial charge in [-0.05, 0) is 36.6 Å². The molecule has 3 rings (SSSR count). The molecule has 0 unspecified atom stereocenters. The van der Waals surface area contributed by atoms with E-state index >= 15 is 0 Å². The molecule has 8 heteroatoms. The molecule has 2 aliphatic rings. The van der Waals surface area contributed by atoms with Crippen molar-refractivity contribution in [3.05, 3.63) is 46.7 Å². The molecule has 33 heavy (non-hydrogen) atoms. The SMILES string of the molecule is CCCOc1ccc([C@H]2[C@@H]3CN(C(C)=O)CC=C3C(C#N)=C(N)C2(C#N)C#N)cc1OCC. The Labute approximate surface area is 194 Å². The molecular formula is C25H27N5O3. The summed E-state index contributed by atoms with van der Waals surface area (Å²) in [5.74, 6) is -0.212. The molecular weight excluding hydrogens is 418 g/mol. The Morgan fingerprint density at radius 1 is 1.21 bits per heavy atom. The van der Waals surface area contributed by atoms with Crippen molar-refractivity contribution in [3.63, 3.8) is 0 Å². The number of carbonyl (C=O) groups is 1. The van der Waals surface area contributed by atoms with Crippen LogP contribution in [0, 0.1) is 45.3 Å². The minimum absolute atomic E-state index is 0.0527. The highest BCUT2D eigenvalue weighted by atomic mass is 16.5. The summed E-state index contributed by atoms with van der Waals surface area (Å²) < 4.78 is 11.6. The van der Waals surface area contributed by atoms with Crippen LogP contribution >= 0.6 is 0 Å². The van der Waals surface area contributed by atoms with Crippen molar-refractivity contribution in [3.8, 4) is 29.7 Å². The van der Waals surface area contributed by atoms with Gasteiger partial charge in [-0.3, -0.25) is 4.79 Å². The van der Waals surface area contributed by atoms with Crippen LogP contribution in [-0.2, 0) is 4.79 Å². The van der Waals surface area contributed by atoms with Gasteiger partial charge < -0.3 is 20.1 Å². The second-order valence-corrected chi connectivity index (χ2v) is 8.09. The fourth-order valence-corrected chi connectivity index (χ4v) is 4.63. The molecule has 1 aliphatic carbocycles. The van der Waals surface area contributed by atoms with Crippen LogP contribution in [0.1, 0.15) is 38.7 Å². The van der Waals surface area contributed by atoms with Crippen LogP contribution in [0.2, 0.25) is 0 Å². The van der Waals surface area contributed by atoms with Crippen molar-refractivity contribution in [1.82, 2.24) is 4.90 Å². The lowest BCUT2D eigenvalue weighted by Crippen LogP contribution is -2.48. The first-order valence-corrected chi connectivity index (χ1v) is 11.0. The van der Waals surface area contributed by atoms with Crippen LogP contribution in [0.3, 0.4) is 0 Å². The summed E-state index contributed by atoms with van der Waals surface area (Å²) in [4.78, 5) is 13.8. The molecule has 1 heterocycles. The van der Waals surface area contributed by atoms with E-state index in [0.29, 0.717) is 42.4 Å². The molecule has 1 amide bonds. The molecule has 1 aromatic rings. The minimum Gasteiger partial charge on any atom is -0.490 e. The third-order valence-corrected chi connectivity index (χ3v) is 6.20. The van der Waals surface area contributed by atoms with Gasteiger partial charge in [0.05, 0.1) is 36.6 Å². The average molecular weight is 446 g/mol. The van der Waals surface area contributed by atoms with E-state index in [1.165, 1.54) is 6.92 Å². The molecule has 0 aromatic heterocycles. The van der Waals surface area contributed by atoms with Gasteiger partial charge in [0, 0.05) is 31.8 Å². The standard InChI is InChI=1S/C25H27N5O3/c1-4-10-33-21-7-6-17(11-22(21)32-5-2)23-20-13-30(16(3)31)9-8-18(20)19(12-26)24(29)25(23,14-27)15-28/h6-8,11,20,23H,4-5,9-10,13,29H2,1-3H3/t20-,23+/m1/s1. The number of fused-ring (bicyclic) bond motifs is 1. The first-order chi connectivity index (χ1) is 15.9. The maximum Gasteiger partial charge on any atom is 0.219 e. The van der Waals surface area contributed by atoms with Crippen molar-refractivity contribution in [1.29, 1.82) is 15.8 Å². The summed E-state index contributed by atoms with van der Waals surface area (Å²) >= 11 is 0. The minimum atomic E-state index is -1.78. The smallest absolute Gasteiger partial charge is 0.219 e. The Balaban J connectivity index is 2.25. The predicted octanol–water partition coefficient (Wildman–Crippen LogP) is 3.15. The molecule has 2 N–H and O–H groups in total. The summed E-state index contributed by atoms with van der Waals surface area (Å²) in [6.07, 6.45) is 2.63. The number of nitriles is 3. The second kappa shape index (κ2) is 9.67. The Morgan fingerprint density at radius 3 is 2.52 bits per heavy atom. The normalized spacial score (nSPS) is 21.1. The molecule has 2 atom stereocenters. The molecule has 8 nitrogen and oxygen atoms in total. The lowest BCUT2D eigenvalue weighted by Gasteiger charge is -2.45. The van der Waals surface area contributed by atoms with Crippen LogP contribution in [0.25, 0.3) is 0 Å². The first-order valence-electron chi connectivity index (χ1n) is 11.0. The van der Waals surface area contributed by atoms with Crippen molar-refractivity contribution < 1.29 is 14.3 Å². The molecule has 170 valence electrons. The molecule has 0 bridgehead atoms. The number of nitrogens with two attached hydrogens (primary N) is 1. The number of benzene rings is 1. The lowest BCUT2D eigenvalue weighted by atomic mass is 9.58. The van der Waals surface area contributed by atoms with Gasteiger partial charge in [0.25, 0.3) is 0 Å². The third kappa shape index (κ3) is 3.99. The molecule has 1 aromatic carbocycles. The van der Waals surface area contributed by atoms with E-state index in [0.717, 1.165) is 6.42 Å². The first kappa shape index (κ1) is 23.7. The van der Waals surface area contributed by atoms with Crippen molar-refractivity contribution in [2.24, 2.45) is 17.1 Å². The zero-order valence-electron chi connectivity index (χ0n) is 19.1. The largest absolute Gasteiger partial charge is 0.490 e. The number of ether oxygens (including phenoxy) is 2. The monoisotopic (exact) mass is 445 g/mol. The van der Waals surface area contributed by atoms with Crippen LogP contribution in [0.4, 0.5) is 0 Å². The molecule has 0 saturated heterocycles. The molecule has 0 fully saturated rings. The van der Waals surface area contributed by atoms with Crippen LogP contribution in [-0.4, -0.2) is 37.1 Å². The maximum absolute atomic E-state index is 12.1. The van der Waals surface area contributed by atoms with Crippen LogP contribution < -0.4 is 15.2 Å². The fraction of sp³-hybridized carbons (Fsp3) is 0.440. The number of rotatable bonds is 6. The highest BCUT2D eigenvalue weighted by Gasteiger charge is 2.54. The van der Waals surface area contributed by atoms with Gasteiger partial charge in [-0.1, -0.05) is 19.1 Å². The maximum atomic E-state index is 12.1. The Hall–Kier alpha value is -3.96. The topological polar surface area (TPSA) is 136 Å². The van der Waals surface area contributed by atoms with E-state index in [4.69, 9.17) is 15.2 Å². The zero-order valence-corrected chi connectivity index (χ0v) is 19.1. The fourth-order valence-electron chi connectivity index (χ4n) is 4.63. The lowest BCUT2D eigenvalue weighted by molar-refractivity contribution is -0.129. The second-order valence-electron chi connectivity index (χ2n) is 8.09. The summed E-state index contributed by atoms with van der Waals surface area (Å²) in [5.41, 5.74) is 5.99. The molecule has 0 spiro atoms. The van der Waals surface area contributed by atoms with E-state index in [9.17, 15) is 20.6 Å². The number of hydrogen-bond acceptors (Lipinski definition) is 7. The van der Waals surface area contributed by atoms with Gasteiger partial charge in [0.2, 0.25) is 5.91 Å². The van der Waals surface area contributed by atoms with Gasteiger partial charge >= 0.3 is 0 Å². The molecule has 0 radical (unpaired) electrons. The van der Waals surface area contributed by atoms with Crippen molar-refractivity contribution in [2.75, 3.05) is 26.3 Å². The average Bonchev–Trinajstić information content (AvgIpc) is 2.82. The van der Waals surface area contributed by atoms with Gasteiger partial charge in [0.1, 0.15) is 6.07 Å². The van der Waals surface area contributed by atoms with Gasteiger partial charge in [-0.25, -0.2) is 0 Å². The van der Waals surface area contributed by atoms with E-state index < -0.39 is 17.3 Å². The number of hydrogen-bond donors (Lipinski definition) is 1. The quantitative estimate of drug-likeness (QED) is 0.710. The molecule has 0 saturated carbocycles. The Kier molecular flexibility index (Phi) is 6.95. The van der Waals surface area contributed by atoms with E-state index in [-0.39, 0.29) is 23.7 Å². The number of amides is 1. The summed E-state index contributed by atoms with van der Waals surface area (Å²) in [5, 5.41) is 30.3. The van der Waals surface area contributed by atoms with Crippen molar-refractivity contribution >= 4 is 5.91 Å².